The number of nitrogens with one attached hydrogen (secondary N) is 2. The fraction of sp³-hybridized carbons (Fsp3) is 0.278. The molecule has 21 heavy (non-hydrogen) atoms. The summed E-state index contributed by atoms with van der Waals surface area (Å²) in [5, 5.41) is 6.08. The molecule has 1 unspecified atom stereocenters. The third-order valence-electron chi connectivity index (χ3n) is 3.63. The van der Waals surface area contributed by atoms with Crippen LogP contribution in [0.3, 0.4) is 0 Å². The van der Waals surface area contributed by atoms with Crippen LogP contribution in [0, 0.1) is 6.92 Å². The summed E-state index contributed by atoms with van der Waals surface area (Å²) in [7, 11) is 1.83. The lowest BCUT2D eigenvalue weighted by molar-refractivity contribution is 0.0952. The average Bonchev–Trinajstić information content (AvgIpc) is 2.53. The Morgan fingerprint density at radius 3 is 2.52 bits per heavy atom. The molecule has 0 bridgehead atoms. The van der Waals surface area contributed by atoms with Crippen molar-refractivity contribution in [1.82, 2.24) is 5.32 Å². The Labute approximate surface area is 126 Å². The Morgan fingerprint density at radius 1 is 1.14 bits per heavy atom. The average molecular weight is 282 g/mol. The number of benzene rings is 2. The van der Waals surface area contributed by atoms with Crippen LogP contribution in [-0.2, 0) is 0 Å². The molecule has 0 heterocycles. The SMILES string of the molecule is CNc1ccc(C)cc1C(=O)NCC(C)c1ccccc1. The zero-order valence-corrected chi connectivity index (χ0v) is 12.8. The largest absolute Gasteiger partial charge is 0.387 e. The van der Waals surface area contributed by atoms with Crippen molar-refractivity contribution in [2.45, 2.75) is 19.8 Å². The number of aryl methyl sites for hydroxylation is 1. The van der Waals surface area contributed by atoms with E-state index in [1.165, 1.54) is 5.56 Å². The van der Waals surface area contributed by atoms with Crippen LogP contribution in [0.25, 0.3) is 0 Å². The van der Waals surface area contributed by atoms with Crippen LogP contribution >= 0.6 is 0 Å². The van der Waals surface area contributed by atoms with Gasteiger partial charge in [-0.25, -0.2) is 0 Å². The first kappa shape index (κ1) is 15.1. The standard InChI is InChI=1S/C18H22N2O/c1-13-9-10-17(19-3)16(11-13)18(21)20-12-14(2)15-7-5-4-6-8-15/h4-11,14,19H,12H2,1-3H3,(H,20,21). The van der Waals surface area contributed by atoms with E-state index in [0.717, 1.165) is 11.3 Å². The molecule has 1 amide bonds. The van der Waals surface area contributed by atoms with Gasteiger partial charge in [0.2, 0.25) is 0 Å². The fourth-order valence-electron chi connectivity index (χ4n) is 2.30. The monoisotopic (exact) mass is 282 g/mol. The Kier molecular flexibility index (Phi) is 4.99. The molecule has 0 radical (unpaired) electrons. The van der Waals surface area contributed by atoms with Crippen LogP contribution in [0.1, 0.15) is 34.3 Å². The Morgan fingerprint density at radius 2 is 1.86 bits per heavy atom. The molecule has 2 aromatic rings. The third kappa shape index (κ3) is 3.85. The maximum atomic E-state index is 12.4. The molecule has 0 saturated heterocycles. The van der Waals surface area contributed by atoms with Gasteiger partial charge in [0.05, 0.1) is 5.56 Å². The Balaban J connectivity index is 2.04. The first-order valence-electron chi connectivity index (χ1n) is 7.23. The van der Waals surface area contributed by atoms with E-state index in [1.54, 1.807) is 0 Å². The van der Waals surface area contributed by atoms with Crippen LogP contribution < -0.4 is 10.6 Å². The second kappa shape index (κ2) is 6.93. The number of hydrogen-bond acceptors (Lipinski definition) is 2. The van der Waals surface area contributed by atoms with Crippen molar-refractivity contribution in [3.63, 3.8) is 0 Å². The van der Waals surface area contributed by atoms with Gasteiger partial charge in [-0.1, -0.05) is 48.9 Å². The van der Waals surface area contributed by atoms with E-state index in [2.05, 4.69) is 29.7 Å². The van der Waals surface area contributed by atoms with Gasteiger partial charge >= 0.3 is 0 Å². The van der Waals surface area contributed by atoms with Gasteiger partial charge in [0.25, 0.3) is 5.91 Å². The summed E-state index contributed by atoms with van der Waals surface area (Å²) in [5.41, 5.74) is 3.86. The van der Waals surface area contributed by atoms with Crippen molar-refractivity contribution in [1.29, 1.82) is 0 Å². The highest BCUT2D eigenvalue weighted by atomic mass is 16.1. The van der Waals surface area contributed by atoms with E-state index >= 15 is 0 Å². The molecule has 2 aromatic carbocycles. The summed E-state index contributed by atoms with van der Waals surface area (Å²) < 4.78 is 0. The number of rotatable bonds is 5. The van der Waals surface area contributed by atoms with Gasteiger partial charge in [-0.3, -0.25) is 4.79 Å². The van der Waals surface area contributed by atoms with E-state index in [-0.39, 0.29) is 11.8 Å². The molecule has 3 heteroatoms. The van der Waals surface area contributed by atoms with Gasteiger partial charge in [0.15, 0.2) is 0 Å². The summed E-state index contributed by atoms with van der Waals surface area (Å²) in [6, 6.07) is 16.1. The van der Waals surface area contributed by atoms with Crippen LogP contribution in [0.15, 0.2) is 48.5 Å². The quantitative estimate of drug-likeness (QED) is 0.880. The molecule has 0 spiro atoms. The topological polar surface area (TPSA) is 41.1 Å². The zero-order valence-electron chi connectivity index (χ0n) is 12.8. The predicted molar refractivity (Wildman–Crippen MR) is 87.9 cm³/mol. The molecule has 2 rings (SSSR count). The molecular formula is C18H22N2O. The molecule has 0 aliphatic rings. The van der Waals surface area contributed by atoms with Crippen molar-refractivity contribution in [3.05, 3.63) is 65.2 Å². The molecule has 0 aromatic heterocycles. The number of carbonyl (C=O) groups is 1. The molecule has 0 aliphatic carbocycles. The van der Waals surface area contributed by atoms with Crippen molar-refractivity contribution in [3.8, 4) is 0 Å². The summed E-state index contributed by atoms with van der Waals surface area (Å²) in [5.74, 6) is 0.254. The van der Waals surface area contributed by atoms with Crippen molar-refractivity contribution in [2.24, 2.45) is 0 Å². The van der Waals surface area contributed by atoms with E-state index in [0.29, 0.717) is 12.1 Å². The molecular weight excluding hydrogens is 260 g/mol. The molecule has 0 saturated carbocycles. The molecule has 110 valence electrons. The van der Waals surface area contributed by atoms with Gasteiger partial charge in [-0.2, -0.15) is 0 Å². The lowest BCUT2D eigenvalue weighted by Gasteiger charge is -2.15. The van der Waals surface area contributed by atoms with Crippen molar-refractivity contribution >= 4 is 11.6 Å². The van der Waals surface area contributed by atoms with E-state index in [9.17, 15) is 4.79 Å². The Bertz CT molecular complexity index is 608. The predicted octanol–water partition coefficient (Wildman–Crippen LogP) is 3.57. The molecule has 1 atom stereocenters. The molecule has 0 fully saturated rings. The minimum Gasteiger partial charge on any atom is -0.387 e. The van der Waals surface area contributed by atoms with E-state index in [1.807, 2.05) is 50.4 Å². The third-order valence-corrected chi connectivity index (χ3v) is 3.63. The smallest absolute Gasteiger partial charge is 0.253 e. The van der Waals surface area contributed by atoms with Crippen LogP contribution in [-0.4, -0.2) is 19.5 Å². The summed E-state index contributed by atoms with van der Waals surface area (Å²) in [4.78, 5) is 12.4. The Hall–Kier alpha value is -2.29. The summed E-state index contributed by atoms with van der Waals surface area (Å²) >= 11 is 0. The highest BCUT2D eigenvalue weighted by Crippen LogP contribution is 2.18. The van der Waals surface area contributed by atoms with Crippen LogP contribution in [0.5, 0.6) is 0 Å². The first-order valence-corrected chi connectivity index (χ1v) is 7.23. The highest BCUT2D eigenvalue weighted by molar-refractivity contribution is 5.99. The minimum atomic E-state index is -0.0363. The van der Waals surface area contributed by atoms with Crippen LogP contribution in [0.2, 0.25) is 0 Å². The number of hydrogen-bond donors (Lipinski definition) is 2. The number of anilines is 1. The van der Waals surface area contributed by atoms with Gasteiger partial charge < -0.3 is 10.6 Å². The van der Waals surface area contributed by atoms with Gasteiger partial charge in [0.1, 0.15) is 0 Å². The molecule has 3 nitrogen and oxygen atoms in total. The lowest BCUT2D eigenvalue weighted by atomic mass is 10.0. The molecule has 0 aliphatic heterocycles. The van der Waals surface area contributed by atoms with Gasteiger partial charge in [0, 0.05) is 19.3 Å². The summed E-state index contributed by atoms with van der Waals surface area (Å²) in [6.07, 6.45) is 0. The normalized spacial score (nSPS) is 11.8. The van der Waals surface area contributed by atoms with Gasteiger partial charge in [-0.15, -0.1) is 0 Å². The maximum Gasteiger partial charge on any atom is 0.253 e. The molecule has 2 N–H and O–H groups in total. The highest BCUT2D eigenvalue weighted by Gasteiger charge is 2.12. The summed E-state index contributed by atoms with van der Waals surface area (Å²) in [6.45, 7) is 4.73. The number of carbonyl (C=O) groups excluding carboxylic acids is 1. The van der Waals surface area contributed by atoms with Crippen molar-refractivity contribution in [2.75, 3.05) is 18.9 Å². The lowest BCUT2D eigenvalue weighted by Crippen LogP contribution is -2.28. The number of amides is 1. The van der Waals surface area contributed by atoms with E-state index < -0.39 is 0 Å². The van der Waals surface area contributed by atoms with Crippen LogP contribution in [0.4, 0.5) is 5.69 Å². The zero-order chi connectivity index (χ0) is 15.2. The van der Waals surface area contributed by atoms with E-state index in [4.69, 9.17) is 0 Å². The second-order valence-electron chi connectivity index (χ2n) is 5.32. The maximum absolute atomic E-state index is 12.4. The minimum absolute atomic E-state index is 0.0363. The first-order chi connectivity index (χ1) is 10.1. The fourth-order valence-corrected chi connectivity index (χ4v) is 2.30. The second-order valence-corrected chi connectivity index (χ2v) is 5.32. The van der Waals surface area contributed by atoms with Gasteiger partial charge in [-0.05, 0) is 30.5 Å². The van der Waals surface area contributed by atoms with Crippen molar-refractivity contribution < 1.29 is 4.79 Å².